The van der Waals surface area contributed by atoms with Gasteiger partial charge in [0.2, 0.25) is 0 Å². The lowest BCUT2D eigenvalue weighted by atomic mass is 10.1. The molecular formula is C22H23N3O3. The van der Waals surface area contributed by atoms with Crippen LogP contribution in [0.15, 0.2) is 60.9 Å². The van der Waals surface area contributed by atoms with Gasteiger partial charge in [-0.15, -0.1) is 0 Å². The molecule has 1 aliphatic rings. The standard InChI is InChI=1S/C22H23N3O3/c1-16(19-8-9-20-21(14-19)28-13-3-12-27-20)24-22(26)18-6-4-17(5-7-18)15-25-11-2-10-23-25/h2,4-11,14,16H,3,12-13,15H2,1H3,(H,24,26). The van der Waals surface area contributed by atoms with Crippen molar-refractivity contribution in [2.45, 2.75) is 25.9 Å². The molecule has 0 radical (unpaired) electrons. The third kappa shape index (κ3) is 4.17. The summed E-state index contributed by atoms with van der Waals surface area (Å²) >= 11 is 0. The first-order valence-corrected chi connectivity index (χ1v) is 9.46. The number of benzene rings is 2. The van der Waals surface area contributed by atoms with Crippen LogP contribution in [0.25, 0.3) is 0 Å². The maximum Gasteiger partial charge on any atom is 0.251 e. The SMILES string of the molecule is CC(NC(=O)c1ccc(Cn2cccn2)cc1)c1ccc2c(c1)OCCCO2. The number of carbonyl (C=O) groups is 1. The van der Waals surface area contributed by atoms with E-state index in [1.807, 2.05) is 66.3 Å². The van der Waals surface area contributed by atoms with E-state index in [2.05, 4.69) is 10.4 Å². The van der Waals surface area contributed by atoms with Gasteiger partial charge in [0.15, 0.2) is 11.5 Å². The lowest BCUT2D eigenvalue weighted by Gasteiger charge is -2.16. The second kappa shape index (κ2) is 8.17. The Morgan fingerprint density at radius 1 is 1.14 bits per heavy atom. The van der Waals surface area contributed by atoms with Crippen molar-refractivity contribution in [1.29, 1.82) is 0 Å². The normalized spacial score (nSPS) is 14.2. The van der Waals surface area contributed by atoms with Crippen LogP contribution >= 0.6 is 0 Å². The van der Waals surface area contributed by atoms with Crippen LogP contribution in [0.3, 0.4) is 0 Å². The second-order valence-electron chi connectivity index (χ2n) is 6.85. The van der Waals surface area contributed by atoms with Crippen LogP contribution in [0, 0.1) is 0 Å². The monoisotopic (exact) mass is 377 g/mol. The molecule has 0 spiro atoms. The van der Waals surface area contributed by atoms with Crippen molar-refractivity contribution in [2.24, 2.45) is 0 Å². The molecule has 1 atom stereocenters. The van der Waals surface area contributed by atoms with Crippen LogP contribution in [-0.2, 0) is 6.54 Å². The van der Waals surface area contributed by atoms with Gasteiger partial charge in [0, 0.05) is 24.4 Å². The summed E-state index contributed by atoms with van der Waals surface area (Å²) in [7, 11) is 0. The van der Waals surface area contributed by atoms with Gasteiger partial charge < -0.3 is 14.8 Å². The summed E-state index contributed by atoms with van der Waals surface area (Å²) in [6.45, 7) is 3.95. The van der Waals surface area contributed by atoms with Crippen LogP contribution in [-0.4, -0.2) is 28.9 Å². The quantitative estimate of drug-likeness (QED) is 0.738. The average molecular weight is 377 g/mol. The van der Waals surface area contributed by atoms with Gasteiger partial charge in [-0.05, 0) is 48.4 Å². The lowest BCUT2D eigenvalue weighted by molar-refractivity contribution is 0.0940. The second-order valence-corrected chi connectivity index (χ2v) is 6.85. The number of nitrogens with one attached hydrogen (secondary N) is 1. The first-order chi connectivity index (χ1) is 13.7. The van der Waals surface area contributed by atoms with Crippen LogP contribution in [0.1, 0.15) is 40.9 Å². The van der Waals surface area contributed by atoms with E-state index in [-0.39, 0.29) is 11.9 Å². The van der Waals surface area contributed by atoms with E-state index in [0.29, 0.717) is 25.3 Å². The highest BCUT2D eigenvalue weighted by atomic mass is 16.5. The zero-order chi connectivity index (χ0) is 19.3. The zero-order valence-electron chi connectivity index (χ0n) is 15.8. The molecule has 28 heavy (non-hydrogen) atoms. The number of carbonyl (C=O) groups excluding carboxylic acids is 1. The largest absolute Gasteiger partial charge is 0.490 e. The number of rotatable bonds is 5. The summed E-state index contributed by atoms with van der Waals surface area (Å²) in [5.41, 5.74) is 2.70. The van der Waals surface area contributed by atoms with Crippen molar-refractivity contribution in [3.8, 4) is 11.5 Å². The Bertz CT molecular complexity index is 936. The van der Waals surface area contributed by atoms with Crippen molar-refractivity contribution >= 4 is 5.91 Å². The molecule has 144 valence electrons. The van der Waals surface area contributed by atoms with Crippen LogP contribution in [0.5, 0.6) is 11.5 Å². The molecular weight excluding hydrogens is 354 g/mol. The number of amides is 1. The molecule has 1 N–H and O–H groups in total. The fraction of sp³-hybridized carbons (Fsp3) is 0.273. The van der Waals surface area contributed by atoms with Crippen LogP contribution in [0.4, 0.5) is 0 Å². The predicted octanol–water partition coefficient (Wildman–Crippen LogP) is 3.58. The van der Waals surface area contributed by atoms with E-state index in [1.54, 1.807) is 6.20 Å². The fourth-order valence-electron chi connectivity index (χ4n) is 3.16. The zero-order valence-corrected chi connectivity index (χ0v) is 15.8. The Hall–Kier alpha value is -3.28. The number of ether oxygens (including phenoxy) is 2. The predicted molar refractivity (Wildman–Crippen MR) is 106 cm³/mol. The summed E-state index contributed by atoms with van der Waals surface area (Å²) in [5.74, 6) is 1.39. The van der Waals surface area contributed by atoms with Crippen LogP contribution in [0.2, 0.25) is 0 Å². The molecule has 0 bridgehead atoms. The Morgan fingerprint density at radius 2 is 1.93 bits per heavy atom. The molecule has 2 heterocycles. The molecule has 1 amide bonds. The van der Waals surface area contributed by atoms with E-state index in [0.717, 1.165) is 29.0 Å². The van der Waals surface area contributed by atoms with Crippen molar-refractivity contribution < 1.29 is 14.3 Å². The van der Waals surface area contributed by atoms with Gasteiger partial charge in [0.1, 0.15) is 0 Å². The highest BCUT2D eigenvalue weighted by Crippen LogP contribution is 2.32. The molecule has 0 saturated carbocycles. The Balaban J connectivity index is 1.41. The van der Waals surface area contributed by atoms with Gasteiger partial charge in [-0.2, -0.15) is 5.10 Å². The minimum absolute atomic E-state index is 0.106. The Morgan fingerprint density at radius 3 is 2.68 bits per heavy atom. The molecule has 4 rings (SSSR count). The summed E-state index contributed by atoms with van der Waals surface area (Å²) in [6.07, 6.45) is 4.53. The topological polar surface area (TPSA) is 65.4 Å². The molecule has 0 aliphatic carbocycles. The minimum Gasteiger partial charge on any atom is -0.490 e. The van der Waals surface area contributed by atoms with Crippen LogP contribution < -0.4 is 14.8 Å². The Kier molecular flexibility index (Phi) is 5.28. The van der Waals surface area contributed by atoms with Crippen molar-refractivity contribution in [3.05, 3.63) is 77.6 Å². The molecule has 1 aromatic heterocycles. The molecule has 0 fully saturated rings. The molecule has 6 nitrogen and oxygen atoms in total. The van der Waals surface area contributed by atoms with E-state index in [9.17, 15) is 4.79 Å². The van der Waals surface area contributed by atoms with Gasteiger partial charge in [-0.25, -0.2) is 0 Å². The van der Waals surface area contributed by atoms with Gasteiger partial charge in [0.05, 0.1) is 25.8 Å². The average Bonchev–Trinajstić information content (AvgIpc) is 3.10. The fourth-order valence-corrected chi connectivity index (χ4v) is 3.16. The van der Waals surface area contributed by atoms with Crippen molar-refractivity contribution in [1.82, 2.24) is 15.1 Å². The van der Waals surface area contributed by atoms with E-state index in [1.165, 1.54) is 0 Å². The third-order valence-electron chi connectivity index (χ3n) is 4.74. The lowest BCUT2D eigenvalue weighted by Crippen LogP contribution is -2.26. The van der Waals surface area contributed by atoms with E-state index >= 15 is 0 Å². The van der Waals surface area contributed by atoms with Crippen molar-refractivity contribution in [2.75, 3.05) is 13.2 Å². The molecule has 1 unspecified atom stereocenters. The third-order valence-corrected chi connectivity index (χ3v) is 4.74. The highest BCUT2D eigenvalue weighted by Gasteiger charge is 2.16. The Labute approximate surface area is 164 Å². The van der Waals surface area contributed by atoms with E-state index < -0.39 is 0 Å². The first-order valence-electron chi connectivity index (χ1n) is 9.46. The van der Waals surface area contributed by atoms with E-state index in [4.69, 9.17) is 9.47 Å². The number of hydrogen-bond donors (Lipinski definition) is 1. The summed E-state index contributed by atoms with van der Waals surface area (Å²) in [6, 6.07) is 15.2. The van der Waals surface area contributed by atoms with Crippen molar-refractivity contribution in [3.63, 3.8) is 0 Å². The maximum atomic E-state index is 12.6. The van der Waals surface area contributed by atoms with Gasteiger partial charge in [-0.3, -0.25) is 9.48 Å². The number of fused-ring (bicyclic) bond motifs is 1. The summed E-state index contributed by atoms with van der Waals surface area (Å²) in [4.78, 5) is 12.6. The molecule has 2 aromatic carbocycles. The molecule has 6 heteroatoms. The maximum absolute atomic E-state index is 12.6. The summed E-state index contributed by atoms with van der Waals surface area (Å²) < 4.78 is 13.3. The van der Waals surface area contributed by atoms with Gasteiger partial charge in [0.25, 0.3) is 5.91 Å². The molecule has 1 aliphatic heterocycles. The van der Waals surface area contributed by atoms with Gasteiger partial charge >= 0.3 is 0 Å². The highest BCUT2D eigenvalue weighted by molar-refractivity contribution is 5.94. The minimum atomic E-state index is -0.145. The molecule has 0 saturated heterocycles. The smallest absolute Gasteiger partial charge is 0.251 e. The number of aromatic nitrogens is 2. The summed E-state index contributed by atoms with van der Waals surface area (Å²) in [5, 5.41) is 7.24. The number of nitrogens with zero attached hydrogens (tertiary/aromatic N) is 2. The van der Waals surface area contributed by atoms with Gasteiger partial charge in [-0.1, -0.05) is 18.2 Å². The first kappa shape index (κ1) is 18.1. The molecule has 3 aromatic rings. The number of hydrogen-bond acceptors (Lipinski definition) is 4.